The van der Waals surface area contributed by atoms with Crippen molar-refractivity contribution in [3.8, 4) is 0 Å². The maximum Gasteiger partial charge on any atom is 0.253 e. The molecule has 0 unspecified atom stereocenters. The van der Waals surface area contributed by atoms with E-state index >= 15 is 0 Å². The molecule has 4 aromatic rings. The minimum Gasteiger partial charge on any atom is -0.310 e. The second-order valence-corrected chi connectivity index (χ2v) is 12.3. The van der Waals surface area contributed by atoms with Gasteiger partial charge in [0.05, 0.1) is 18.4 Å². The number of hydrogen-bond donors (Lipinski definition) is 1. The Hall–Kier alpha value is -5.08. The van der Waals surface area contributed by atoms with E-state index in [-0.39, 0.29) is 36.7 Å². The van der Waals surface area contributed by atoms with Crippen LogP contribution in [0.3, 0.4) is 0 Å². The monoisotopic (exact) mass is 596 g/mol. The smallest absolute Gasteiger partial charge is 0.253 e. The highest BCUT2D eigenvalue weighted by Crippen LogP contribution is 2.55. The summed E-state index contributed by atoms with van der Waals surface area (Å²) in [6.07, 6.45) is 1.23. The first-order valence-electron chi connectivity index (χ1n) is 15.5. The molecule has 8 nitrogen and oxygen atoms in total. The van der Waals surface area contributed by atoms with E-state index in [4.69, 9.17) is 0 Å². The Morgan fingerprint density at radius 3 is 2.13 bits per heavy atom. The van der Waals surface area contributed by atoms with Crippen LogP contribution in [0.2, 0.25) is 0 Å². The largest absolute Gasteiger partial charge is 0.310 e. The van der Waals surface area contributed by atoms with E-state index in [1.807, 2.05) is 109 Å². The Morgan fingerprint density at radius 1 is 0.733 bits per heavy atom. The summed E-state index contributed by atoms with van der Waals surface area (Å²) in [6.45, 7) is 0.535. The Morgan fingerprint density at radius 2 is 1.38 bits per heavy atom. The normalized spacial score (nSPS) is 24.8. The van der Waals surface area contributed by atoms with E-state index in [9.17, 15) is 19.2 Å². The van der Waals surface area contributed by atoms with Crippen LogP contribution in [-0.4, -0.2) is 47.7 Å². The minimum absolute atomic E-state index is 0.145. The number of rotatable bonds is 6. The number of carbonyl (C=O) groups is 4. The van der Waals surface area contributed by atoms with E-state index < -0.39 is 23.4 Å². The number of anilines is 2. The molecule has 0 bridgehead atoms. The molecule has 0 radical (unpaired) electrons. The molecule has 1 spiro atoms. The lowest BCUT2D eigenvalue weighted by molar-refractivity contribution is -0.143. The first-order chi connectivity index (χ1) is 22.0. The lowest BCUT2D eigenvalue weighted by Gasteiger charge is -2.31. The highest BCUT2D eigenvalue weighted by molar-refractivity contribution is 6.18. The van der Waals surface area contributed by atoms with Crippen LogP contribution in [0.5, 0.6) is 0 Å². The Kier molecular flexibility index (Phi) is 6.42. The molecule has 0 aliphatic carbocycles. The van der Waals surface area contributed by atoms with Gasteiger partial charge >= 0.3 is 0 Å². The molecule has 0 saturated carbocycles. The number of benzene rings is 4. The van der Waals surface area contributed by atoms with Crippen molar-refractivity contribution in [1.82, 2.24) is 10.2 Å². The van der Waals surface area contributed by atoms with Gasteiger partial charge in [0.2, 0.25) is 17.7 Å². The maximum absolute atomic E-state index is 14.9. The van der Waals surface area contributed by atoms with Crippen LogP contribution in [0.25, 0.3) is 0 Å². The number of imide groups is 1. The molecule has 0 aromatic heterocycles. The number of hydrogen-bond acceptors (Lipinski definition) is 5. The van der Waals surface area contributed by atoms with Crippen molar-refractivity contribution in [2.75, 3.05) is 22.9 Å². The number of carbonyl (C=O) groups excluding carboxylic acids is 4. The predicted octanol–water partition coefficient (Wildman–Crippen LogP) is 3.83. The highest BCUT2D eigenvalue weighted by atomic mass is 16.2. The van der Waals surface area contributed by atoms with Gasteiger partial charge in [-0.15, -0.1) is 0 Å². The Labute approximate surface area is 261 Å². The summed E-state index contributed by atoms with van der Waals surface area (Å²) in [7, 11) is 0. The van der Waals surface area contributed by atoms with Crippen molar-refractivity contribution < 1.29 is 19.2 Å². The summed E-state index contributed by atoms with van der Waals surface area (Å²) < 4.78 is 0. The summed E-state index contributed by atoms with van der Waals surface area (Å²) in [4.78, 5) is 61.9. The van der Waals surface area contributed by atoms with Crippen LogP contribution in [0.4, 0.5) is 11.4 Å². The molecular weight excluding hydrogens is 564 g/mol. The maximum atomic E-state index is 14.9. The lowest BCUT2D eigenvalue weighted by atomic mass is 9.76. The van der Waals surface area contributed by atoms with E-state index in [1.165, 1.54) is 9.80 Å². The summed E-state index contributed by atoms with van der Waals surface area (Å²) in [5.74, 6) is -2.86. The third-order valence-electron chi connectivity index (χ3n) is 9.92. The van der Waals surface area contributed by atoms with Gasteiger partial charge in [-0.1, -0.05) is 97.1 Å². The average Bonchev–Trinajstić information content (AvgIpc) is 3.78. The molecule has 4 heterocycles. The molecule has 1 N–H and O–H groups in total. The van der Waals surface area contributed by atoms with Gasteiger partial charge in [0.15, 0.2) is 0 Å². The highest BCUT2D eigenvalue weighted by Gasteiger charge is 2.71. The standard InChI is InChI=1S/C37H32N4O4/c42-31(39-20-19-26-15-7-9-17-29(26)39)23-40-30-18-10-8-16-27(30)37(36(40)45)33-32(28(38-37)21-24-11-3-1-4-12-24)34(43)41(35(33)44)22-25-13-5-2-6-14-25/h1-18,28,32-33,38H,19-23H2/t28-,32+,33+,37-/m0/s1. The van der Waals surface area contributed by atoms with Crippen molar-refractivity contribution >= 4 is 35.0 Å². The molecule has 4 amide bonds. The van der Waals surface area contributed by atoms with E-state index in [2.05, 4.69) is 5.32 Å². The van der Waals surface area contributed by atoms with Crippen molar-refractivity contribution in [2.24, 2.45) is 11.8 Å². The van der Waals surface area contributed by atoms with Crippen molar-refractivity contribution in [3.05, 3.63) is 131 Å². The zero-order valence-electron chi connectivity index (χ0n) is 24.6. The topological polar surface area (TPSA) is 90.0 Å². The second kappa shape index (κ2) is 10.5. The molecule has 224 valence electrons. The number of para-hydroxylation sites is 2. The van der Waals surface area contributed by atoms with Gasteiger partial charge in [0.1, 0.15) is 12.1 Å². The fourth-order valence-corrected chi connectivity index (χ4v) is 7.95. The van der Waals surface area contributed by atoms with Gasteiger partial charge in [0, 0.05) is 29.5 Å². The summed E-state index contributed by atoms with van der Waals surface area (Å²) in [5, 5.41) is 3.57. The van der Waals surface area contributed by atoms with E-state index in [1.54, 1.807) is 4.90 Å². The molecule has 45 heavy (non-hydrogen) atoms. The molecule has 2 fully saturated rings. The first kappa shape index (κ1) is 27.5. The van der Waals surface area contributed by atoms with Crippen LogP contribution in [-0.2, 0) is 44.1 Å². The molecule has 4 aliphatic heterocycles. The van der Waals surface area contributed by atoms with Crippen LogP contribution >= 0.6 is 0 Å². The van der Waals surface area contributed by atoms with Crippen molar-refractivity contribution in [1.29, 1.82) is 0 Å². The third-order valence-corrected chi connectivity index (χ3v) is 9.92. The number of nitrogens with zero attached hydrogens (tertiary/aromatic N) is 3. The molecule has 4 atom stereocenters. The molecule has 8 rings (SSSR count). The summed E-state index contributed by atoms with van der Waals surface area (Å²) in [6, 6.07) is 34.0. The zero-order valence-corrected chi connectivity index (χ0v) is 24.6. The number of likely N-dealkylation sites (tertiary alicyclic amines) is 1. The van der Waals surface area contributed by atoms with Crippen LogP contribution in [0.1, 0.15) is 22.3 Å². The first-order valence-corrected chi connectivity index (χ1v) is 15.5. The quantitative estimate of drug-likeness (QED) is 0.342. The van der Waals surface area contributed by atoms with Crippen molar-refractivity contribution in [2.45, 2.75) is 31.0 Å². The van der Waals surface area contributed by atoms with Gasteiger partial charge < -0.3 is 9.80 Å². The number of fused-ring (bicyclic) bond motifs is 5. The second-order valence-electron chi connectivity index (χ2n) is 12.3. The third kappa shape index (κ3) is 4.16. The molecule has 4 aliphatic rings. The summed E-state index contributed by atoms with van der Waals surface area (Å²) >= 11 is 0. The Bertz CT molecular complexity index is 1840. The fraction of sp³-hybridized carbons (Fsp3) is 0.243. The van der Waals surface area contributed by atoms with Gasteiger partial charge in [-0.2, -0.15) is 0 Å². The van der Waals surface area contributed by atoms with Crippen LogP contribution in [0, 0.1) is 11.8 Å². The number of amides is 4. The average molecular weight is 597 g/mol. The SMILES string of the molecule is O=C1[C@@H]2[C@H](Cc3ccccc3)N[C@]3(C(=O)N(CC(=O)N4CCc5ccccc54)c4ccccc43)[C@H]2C(=O)N1Cc1ccccc1. The molecule has 4 aromatic carbocycles. The van der Waals surface area contributed by atoms with Crippen LogP contribution in [0.15, 0.2) is 109 Å². The molecular formula is C37H32N4O4. The molecule has 8 heteroatoms. The molecule has 2 saturated heterocycles. The van der Waals surface area contributed by atoms with E-state index in [0.29, 0.717) is 24.2 Å². The van der Waals surface area contributed by atoms with Crippen LogP contribution < -0.4 is 15.1 Å². The van der Waals surface area contributed by atoms with Crippen molar-refractivity contribution in [3.63, 3.8) is 0 Å². The van der Waals surface area contributed by atoms with E-state index in [0.717, 1.165) is 28.8 Å². The lowest BCUT2D eigenvalue weighted by Crippen LogP contribution is -2.56. The fourth-order valence-electron chi connectivity index (χ4n) is 7.95. The van der Waals surface area contributed by atoms with Gasteiger partial charge in [-0.05, 0) is 41.7 Å². The van der Waals surface area contributed by atoms with Gasteiger partial charge in [0.25, 0.3) is 5.91 Å². The Balaban J connectivity index is 1.19. The van der Waals surface area contributed by atoms with Gasteiger partial charge in [-0.25, -0.2) is 0 Å². The summed E-state index contributed by atoms with van der Waals surface area (Å²) in [5.41, 5.74) is 3.58. The predicted molar refractivity (Wildman–Crippen MR) is 169 cm³/mol. The number of nitrogens with one attached hydrogen (secondary N) is 1. The zero-order chi connectivity index (χ0) is 30.7. The minimum atomic E-state index is -1.47. The van der Waals surface area contributed by atoms with Gasteiger partial charge in [-0.3, -0.25) is 29.4 Å².